The first kappa shape index (κ1) is 47.7. The first-order valence-corrected chi connectivity index (χ1v) is 24.2. The third-order valence-corrected chi connectivity index (χ3v) is 14.0. The van der Waals surface area contributed by atoms with Gasteiger partial charge in [0.1, 0.15) is 23.9 Å². The van der Waals surface area contributed by atoms with Gasteiger partial charge in [0, 0.05) is 80.2 Å². The minimum Gasteiger partial charge on any atom is -0.508 e. The highest BCUT2D eigenvalue weighted by molar-refractivity contribution is 5.96. The Labute approximate surface area is 394 Å². The fourth-order valence-corrected chi connectivity index (χ4v) is 10.5. The third kappa shape index (κ3) is 10.1. The van der Waals surface area contributed by atoms with Crippen molar-refractivity contribution in [2.75, 3.05) is 39.8 Å². The number of rotatable bonds is 9. The SMILES string of the molecule is CCn1c(-c2cccnc2C(C)C)c2c3cc(ccc31)-c1cc(O)cc(c1)C[C@H](NC(=O)[C@H](C(C)C)N(C)C(=O)C1CCN(C(=O)[C@@H]3CN3)CC1)C(=O)N1CCC[C@H](N1)C(=O)OCC(C)(C)C2. The molecule has 0 saturated carbocycles. The number of cyclic esters (lactones) is 1. The maximum atomic E-state index is 14.8. The van der Waals surface area contributed by atoms with Gasteiger partial charge in [-0.15, -0.1) is 0 Å². The second-order valence-corrected chi connectivity index (χ2v) is 20.5. The number of phenolic OH excluding ortho intramolecular Hbond substituents is 1. The van der Waals surface area contributed by atoms with Crippen molar-refractivity contribution in [1.82, 2.24) is 40.4 Å². The summed E-state index contributed by atoms with van der Waals surface area (Å²) in [4.78, 5) is 78.2. The van der Waals surface area contributed by atoms with Gasteiger partial charge in [-0.3, -0.25) is 34.0 Å². The number of benzene rings is 2. The lowest BCUT2D eigenvalue weighted by Gasteiger charge is -2.38. The molecule has 3 fully saturated rings. The van der Waals surface area contributed by atoms with Gasteiger partial charge in [-0.25, -0.2) is 5.43 Å². The number of carbonyl (C=O) groups excluding carboxylic acids is 5. The van der Waals surface area contributed by atoms with Gasteiger partial charge in [0.25, 0.3) is 5.91 Å². The molecular formula is C52H68N8O7. The summed E-state index contributed by atoms with van der Waals surface area (Å²) in [6, 6.07) is 12.7. The molecule has 6 bridgehead atoms. The van der Waals surface area contributed by atoms with Gasteiger partial charge in [0.05, 0.1) is 24.0 Å². The maximum absolute atomic E-state index is 14.8. The van der Waals surface area contributed by atoms with Gasteiger partial charge >= 0.3 is 5.97 Å². The number of piperidine rings is 1. The van der Waals surface area contributed by atoms with Crippen molar-refractivity contribution in [3.63, 3.8) is 0 Å². The lowest BCUT2D eigenvalue weighted by Crippen LogP contribution is -2.62. The van der Waals surface area contributed by atoms with Gasteiger partial charge in [-0.05, 0) is 110 Å². The summed E-state index contributed by atoms with van der Waals surface area (Å²) >= 11 is 0. The Balaban J connectivity index is 1.16. The number of phenols is 1. The Bertz CT molecular complexity index is 2540. The molecule has 67 heavy (non-hydrogen) atoms. The van der Waals surface area contributed by atoms with Crippen LogP contribution in [0.15, 0.2) is 54.7 Å². The van der Waals surface area contributed by atoms with E-state index in [9.17, 15) is 29.1 Å². The predicted molar refractivity (Wildman–Crippen MR) is 256 cm³/mol. The van der Waals surface area contributed by atoms with Crippen molar-refractivity contribution in [3.8, 4) is 28.1 Å². The van der Waals surface area contributed by atoms with Crippen LogP contribution in [0.4, 0.5) is 0 Å². The number of nitrogens with zero attached hydrogens (tertiary/aromatic N) is 5. The van der Waals surface area contributed by atoms with Crippen LogP contribution in [0.3, 0.4) is 0 Å². The number of aromatic hydroxyl groups is 1. The monoisotopic (exact) mass is 917 g/mol. The number of hydrogen-bond donors (Lipinski definition) is 4. The number of fused-ring (bicyclic) bond motifs is 6. The molecule has 0 unspecified atom stereocenters. The molecule has 6 heterocycles. The summed E-state index contributed by atoms with van der Waals surface area (Å²) in [5.41, 5.74) is 10.1. The molecule has 0 aliphatic carbocycles. The Morgan fingerprint density at radius 2 is 1.75 bits per heavy atom. The highest BCUT2D eigenvalue weighted by Crippen LogP contribution is 2.42. The van der Waals surface area contributed by atoms with Crippen LogP contribution in [0.25, 0.3) is 33.3 Å². The van der Waals surface area contributed by atoms with E-state index < -0.39 is 41.3 Å². The fraction of sp³-hybridized carbons (Fsp3) is 0.538. The number of likely N-dealkylation sites (tertiary alicyclic amines) is 1. The van der Waals surface area contributed by atoms with Crippen molar-refractivity contribution in [1.29, 1.82) is 0 Å². The smallest absolute Gasteiger partial charge is 0.324 e. The zero-order chi connectivity index (χ0) is 47.9. The number of hydrazine groups is 1. The molecule has 3 saturated heterocycles. The van der Waals surface area contributed by atoms with E-state index in [1.54, 1.807) is 24.1 Å². The van der Waals surface area contributed by atoms with Crippen molar-refractivity contribution in [3.05, 3.63) is 71.5 Å². The second-order valence-electron chi connectivity index (χ2n) is 20.5. The average Bonchev–Trinajstić information content (AvgIpc) is 4.12. The maximum Gasteiger partial charge on any atom is 0.324 e. The van der Waals surface area contributed by atoms with Gasteiger partial charge < -0.3 is 34.8 Å². The lowest BCUT2D eigenvalue weighted by molar-refractivity contribution is -0.155. The van der Waals surface area contributed by atoms with Crippen LogP contribution < -0.4 is 16.1 Å². The molecule has 4 aliphatic rings. The van der Waals surface area contributed by atoms with Gasteiger partial charge in [-0.1, -0.05) is 53.7 Å². The molecule has 4 amide bonds. The summed E-state index contributed by atoms with van der Waals surface area (Å²) in [6.07, 6.45) is 4.42. The van der Waals surface area contributed by atoms with Crippen LogP contribution >= 0.6 is 0 Å². The standard InChI is InChI=1S/C52H68N8O7/c1-9-59-43-15-14-34-26-38(43)39(46(59)37-12-10-18-53-44(37)30(2)3)27-52(6,7)29-67-51(66)40-13-11-19-60(56-40)50(65)41(24-32-22-35(34)25-36(61)23-32)55-47(62)45(31(4)5)57(8)48(63)33-16-20-58(21-17-33)49(64)42-28-54-42/h10,12,14-15,18,22-23,25-26,30-31,33,40-42,45,54,56,61H,9,11,13,16-17,19-21,24,27-29H2,1-8H3,(H,55,62)/t40-,41-,42-,45-/m0/s1. The normalized spacial score (nSPS) is 21.8. The topological polar surface area (TPSA) is 188 Å². The Hall–Kier alpha value is -5.80. The van der Waals surface area contributed by atoms with Crippen LogP contribution in [0.1, 0.15) is 96.9 Å². The van der Waals surface area contributed by atoms with Crippen LogP contribution in [0.2, 0.25) is 0 Å². The minimum absolute atomic E-state index is 0.00933. The van der Waals surface area contributed by atoms with Gasteiger partial charge in [0.15, 0.2) is 0 Å². The minimum atomic E-state index is -1.14. The molecule has 0 radical (unpaired) electrons. The molecule has 15 heteroatoms. The number of aromatic nitrogens is 2. The molecule has 4 aliphatic heterocycles. The molecule has 4 N–H and O–H groups in total. The summed E-state index contributed by atoms with van der Waals surface area (Å²) in [6.45, 7) is 17.1. The number of pyridine rings is 1. The first-order chi connectivity index (χ1) is 31.9. The summed E-state index contributed by atoms with van der Waals surface area (Å²) in [5, 5.41) is 19.9. The highest BCUT2D eigenvalue weighted by atomic mass is 16.5. The zero-order valence-corrected chi connectivity index (χ0v) is 40.4. The van der Waals surface area contributed by atoms with E-state index in [0.717, 1.165) is 44.5 Å². The Morgan fingerprint density at radius 1 is 1.00 bits per heavy atom. The van der Waals surface area contributed by atoms with Crippen LogP contribution in [-0.4, -0.2) is 123 Å². The number of carbonyl (C=O) groups is 5. The number of nitrogens with one attached hydrogen (secondary N) is 3. The molecule has 4 atom stereocenters. The van der Waals surface area contributed by atoms with Crippen molar-refractivity contribution < 1.29 is 33.8 Å². The quantitative estimate of drug-likeness (QED) is 0.122. The number of hydrogen-bond acceptors (Lipinski definition) is 10. The first-order valence-electron chi connectivity index (χ1n) is 24.2. The average molecular weight is 917 g/mol. The van der Waals surface area contributed by atoms with E-state index in [-0.39, 0.29) is 54.4 Å². The van der Waals surface area contributed by atoms with Crippen molar-refractivity contribution in [2.45, 2.75) is 124 Å². The van der Waals surface area contributed by atoms with Gasteiger partial charge in [0.2, 0.25) is 17.7 Å². The molecule has 2 aromatic heterocycles. The van der Waals surface area contributed by atoms with Crippen molar-refractivity contribution in [2.24, 2.45) is 17.3 Å². The number of esters is 1. The molecule has 4 aromatic rings. The molecule has 8 rings (SSSR count). The Morgan fingerprint density at radius 3 is 2.43 bits per heavy atom. The molecular weight excluding hydrogens is 849 g/mol. The Kier molecular flexibility index (Phi) is 13.8. The molecule has 2 aromatic carbocycles. The lowest BCUT2D eigenvalue weighted by atomic mass is 9.83. The largest absolute Gasteiger partial charge is 0.508 e. The van der Waals surface area contributed by atoms with E-state index in [1.807, 2.05) is 38.2 Å². The highest BCUT2D eigenvalue weighted by Gasteiger charge is 2.41. The number of aryl methyl sites for hydroxylation is 1. The summed E-state index contributed by atoms with van der Waals surface area (Å²) < 4.78 is 8.46. The second kappa shape index (κ2) is 19.4. The van der Waals surface area contributed by atoms with E-state index >= 15 is 0 Å². The molecule has 0 spiro atoms. The zero-order valence-electron chi connectivity index (χ0n) is 40.4. The van der Waals surface area contributed by atoms with Crippen LogP contribution in [0, 0.1) is 17.3 Å². The molecule has 358 valence electrons. The van der Waals surface area contributed by atoms with Gasteiger partial charge in [-0.2, -0.15) is 0 Å². The van der Waals surface area contributed by atoms with Crippen molar-refractivity contribution >= 4 is 40.5 Å². The number of amides is 4. The van der Waals surface area contributed by atoms with Crippen LogP contribution in [0.5, 0.6) is 5.75 Å². The van der Waals surface area contributed by atoms with E-state index in [2.05, 4.69) is 73.4 Å². The number of ether oxygens (including phenoxy) is 1. The summed E-state index contributed by atoms with van der Waals surface area (Å²) in [5.74, 6) is -2.00. The number of likely N-dealkylation sites (N-methyl/N-ethyl adjacent to an activating group) is 1. The fourth-order valence-electron chi connectivity index (χ4n) is 10.5. The summed E-state index contributed by atoms with van der Waals surface area (Å²) in [7, 11) is 1.63. The van der Waals surface area contributed by atoms with Crippen LogP contribution in [-0.2, 0) is 48.1 Å². The van der Waals surface area contributed by atoms with E-state index in [0.29, 0.717) is 70.4 Å². The predicted octanol–water partition coefficient (Wildman–Crippen LogP) is 5.56. The van der Waals surface area contributed by atoms with E-state index in [4.69, 9.17) is 9.72 Å². The molecule has 15 nitrogen and oxygen atoms in total. The van der Waals surface area contributed by atoms with E-state index in [1.165, 1.54) is 9.91 Å². The third-order valence-electron chi connectivity index (χ3n) is 14.0.